The molecule has 1 atom stereocenters. The van der Waals surface area contributed by atoms with E-state index in [1.54, 1.807) is 0 Å². The number of hydrogen-bond acceptors (Lipinski definition) is 3. The monoisotopic (exact) mass is 367 g/mol. The minimum Gasteiger partial charge on any atom is -0.353 e. The molecule has 1 aliphatic rings. The molecular formula is C18H29N3O3S. The molecule has 6 nitrogen and oxygen atoms in total. The second kappa shape index (κ2) is 8.78. The molecule has 7 heteroatoms. The summed E-state index contributed by atoms with van der Waals surface area (Å²) in [4.78, 5) is 12.4. The van der Waals surface area contributed by atoms with E-state index in [1.165, 1.54) is 28.3 Å². The normalized spacial score (nSPS) is 18.2. The summed E-state index contributed by atoms with van der Waals surface area (Å²) in [6.07, 6.45) is 2.97. The van der Waals surface area contributed by atoms with Crippen LogP contribution in [0.5, 0.6) is 0 Å². The summed E-state index contributed by atoms with van der Waals surface area (Å²) in [5.74, 6) is -0.0600. The molecule has 1 fully saturated rings. The van der Waals surface area contributed by atoms with Crippen LogP contribution in [0.2, 0.25) is 0 Å². The molecule has 1 saturated heterocycles. The van der Waals surface area contributed by atoms with E-state index in [0.29, 0.717) is 25.9 Å². The Hall–Kier alpha value is -1.44. The van der Waals surface area contributed by atoms with Crippen LogP contribution >= 0.6 is 0 Å². The Morgan fingerprint density at radius 1 is 1.24 bits per heavy atom. The van der Waals surface area contributed by atoms with Gasteiger partial charge in [-0.05, 0) is 38.2 Å². The van der Waals surface area contributed by atoms with Crippen LogP contribution in [0.3, 0.4) is 0 Å². The van der Waals surface area contributed by atoms with E-state index in [4.69, 9.17) is 0 Å². The lowest BCUT2D eigenvalue weighted by Gasteiger charge is -2.32. The van der Waals surface area contributed by atoms with Crippen LogP contribution in [0, 0.1) is 5.92 Å². The Morgan fingerprint density at radius 3 is 2.40 bits per heavy atom. The Morgan fingerprint density at radius 2 is 1.84 bits per heavy atom. The second-order valence-corrected chi connectivity index (χ2v) is 9.04. The highest BCUT2D eigenvalue weighted by Crippen LogP contribution is 2.21. The number of nitrogens with zero attached hydrogens (tertiary/aromatic N) is 2. The molecular weight excluding hydrogens is 338 g/mol. The summed E-state index contributed by atoms with van der Waals surface area (Å²) >= 11 is 0. The van der Waals surface area contributed by atoms with E-state index < -0.39 is 10.2 Å². The van der Waals surface area contributed by atoms with Gasteiger partial charge in [-0.3, -0.25) is 4.79 Å². The quantitative estimate of drug-likeness (QED) is 0.796. The first-order chi connectivity index (χ1) is 11.8. The number of rotatable bonds is 7. The summed E-state index contributed by atoms with van der Waals surface area (Å²) in [5, 5.41) is 3.08. The van der Waals surface area contributed by atoms with Gasteiger partial charge in [-0.1, -0.05) is 30.3 Å². The first-order valence-corrected chi connectivity index (χ1v) is 10.2. The van der Waals surface area contributed by atoms with Gasteiger partial charge in [0.05, 0.1) is 0 Å². The van der Waals surface area contributed by atoms with E-state index in [1.807, 2.05) is 25.1 Å². The minimum atomic E-state index is -3.38. The number of piperidine rings is 1. The van der Waals surface area contributed by atoms with Gasteiger partial charge in [0.2, 0.25) is 5.91 Å². The zero-order valence-electron chi connectivity index (χ0n) is 15.3. The molecule has 0 radical (unpaired) electrons. The third-order valence-corrected chi connectivity index (χ3v) is 6.65. The van der Waals surface area contributed by atoms with Gasteiger partial charge >= 0.3 is 0 Å². The second-order valence-electron chi connectivity index (χ2n) is 6.90. The molecule has 2 rings (SSSR count). The maximum Gasteiger partial charge on any atom is 0.281 e. The number of hydrogen-bond donors (Lipinski definition) is 1. The van der Waals surface area contributed by atoms with Gasteiger partial charge in [-0.2, -0.15) is 17.0 Å². The van der Waals surface area contributed by atoms with Crippen LogP contribution in [0.15, 0.2) is 30.3 Å². The van der Waals surface area contributed by atoms with E-state index in [2.05, 4.69) is 17.4 Å². The van der Waals surface area contributed by atoms with Crippen molar-refractivity contribution in [2.24, 2.45) is 5.92 Å². The predicted molar refractivity (Wildman–Crippen MR) is 99.3 cm³/mol. The zero-order chi connectivity index (χ0) is 18.4. The Kier molecular flexibility index (Phi) is 6.98. The topological polar surface area (TPSA) is 69.7 Å². The van der Waals surface area contributed by atoms with Crippen LogP contribution < -0.4 is 5.32 Å². The maximum absolute atomic E-state index is 12.4. The fraction of sp³-hybridized carbons (Fsp3) is 0.611. The molecule has 1 N–H and O–H groups in total. The van der Waals surface area contributed by atoms with Crippen molar-refractivity contribution in [3.8, 4) is 0 Å². The van der Waals surface area contributed by atoms with Crippen molar-refractivity contribution >= 4 is 16.1 Å². The van der Waals surface area contributed by atoms with Gasteiger partial charge < -0.3 is 5.32 Å². The number of aryl methyl sites for hydroxylation is 1. The summed E-state index contributed by atoms with van der Waals surface area (Å²) < 4.78 is 26.9. The average Bonchev–Trinajstić information content (AvgIpc) is 2.60. The van der Waals surface area contributed by atoms with Crippen molar-refractivity contribution in [3.63, 3.8) is 0 Å². The van der Waals surface area contributed by atoms with Crippen molar-refractivity contribution in [2.45, 2.75) is 38.6 Å². The van der Waals surface area contributed by atoms with E-state index >= 15 is 0 Å². The highest BCUT2D eigenvalue weighted by molar-refractivity contribution is 7.86. The molecule has 1 aliphatic heterocycles. The Bertz CT molecular complexity index is 653. The standard InChI is InChI=1S/C18H29N3O3S/c1-15(9-10-16-7-5-4-6-8-16)19-18(22)17-11-13-21(14-12-17)25(23,24)20(2)3/h4-8,15,17H,9-14H2,1-3H3,(H,19,22)/t15-/m0/s1. The summed E-state index contributed by atoms with van der Waals surface area (Å²) in [6, 6.07) is 10.3. The van der Waals surface area contributed by atoms with Crippen LogP contribution in [-0.2, 0) is 21.4 Å². The average molecular weight is 368 g/mol. The Labute approximate surface area is 151 Å². The van der Waals surface area contributed by atoms with Crippen molar-refractivity contribution in [1.29, 1.82) is 0 Å². The fourth-order valence-electron chi connectivity index (χ4n) is 3.04. The lowest BCUT2D eigenvalue weighted by Crippen LogP contribution is -2.47. The van der Waals surface area contributed by atoms with Gasteiger partial charge in [0.15, 0.2) is 0 Å². The highest BCUT2D eigenvalue weighted by Gasteiger charge is 2.32. The van der Waals surface area contributed by atoms with Crippen molar-refractivity contribution < 1.29 is 13.2 Å². The van der Waals surface area contributed by atoms with Crippen LogP contribution in [0.1, 0.15) is 31.7 Å². The molecule has 1 aromatic carbocycles. The lowest BCUT2D eigenvalue weighted by atomic mass is 9.96. The van der Waals surface area contributed by atoms with Crippen LogP contribution in [0.25, 0.3) is 0 Å². The van der Waals surface area contributed by atoms with Gasteiger partial charge in [-0.25, -0.2) is 0 Å². The number of amides is 1. The van der Waals surface area contributed by atoms with Crippen molar-refractivity contribution in [2.75, 3.05) is 27.2 Å². The number of carbonyl (C=O) groups is 1. The summed E-state index contributed by atoms with van der Waals surface area (Å²) in [7, 11) is -0.316. The first-order valence-electron chi connectivity index (χ1n) is 8.82. The van der Waals surface area contributed by atoms with Gasteiger partial charge in [0.1, 0.15) is 0 Å². The lowest BCUT2D eigenvalue weighted by molar-refractivity contribution is -0.126. The van der Waals surface area contributed by atoms with Crippen LogP contribution in [0.4, 0.5) is 0 Å². The molecule has 1 aromatic rings. The molecule has 0 unspecified atom stereocenters. The van der Waals surface area contributed by atoms with Gasteiger partial charge in [0.25, 0.3) is 10.2 Å². The number of nitrogens with one attached hydrogen (secondary N) is 1. The highest BCUT2D eigenvalue weighted by atomic mass is 32.2. The molecule has 1 heterocycles. The third-order valence-electron chi connectivity index (χ3n) is 4.71. The van der Waals surface area contributed by atoms with E-state index in [0.717, 1.165) is 12.8 Å². The summed E-state index contributed by atoms with van der Waals surface area (Å²) in [6.45, 7) is 2.82. The summed E-state index contributed by atoms with van der Waals surface area (Å²) in [5.41, 5.74) is 1.27. The molecule has 0 aliphatic carbocycles. The van der Waals surface area contributed by atoms with Gasteiger partial charge in [-0.15, -0.1) is 0 Å². The molecule has 1 amide bonds. The molecule has 140 valence electrons. The number of carbonyl (C=O) groups excluding carboxylic acids is 1. The minimum absolute atomic E-state index is 0.0439. The maximum atomic E-state index is 12.4. The largest absolute Gasteiger partial charge is 0.353 e. The predicted octanol–water partition coefficient (Wildman–Crippen LogP) is 1.64. The third kappa shape index (κ3) is 5.52. The smallest absolute Gasteiger partial charge is 0.281 e. The fourth-order valence-corrected chi connectivity index (χ4v) is 4.17. The molecule has 0 saturated carbocycles. The Balaban J connectivity index is 1.76. The van der Waals surface area contributed by atoms with E-state index in [9.17, 15) is 13.2 Å². The van der Waals surface area contributed by atoms with Crippen LogP contribution in [-0.4, -0.2) is 56.2 Å². The molecule has 0 aromatic heterocycles. The zero-order valence-corrected chi connectivity index (χ0v) is 16.1. The van der Waals surface area contributed by atoms with Gasteiger partial charge in [0, 0.05) is 39.1 Å². The first kappa shape index (κ1) is 19.9. The van der Waals surface area contributed by atoms with Crippen molar-refractivity contribution in [3.05, 3.63) is 35.9 Å². The molecule has 0 bridgehead atoms. The van der Waals surface area contributed by atoms with E-state index in [-0.39, 0.29) is 17.9 Å². The molecule has 25 heavy (non-hydrogen) atoms. The molecule has 0 spiro atoms. The SMILES string of the molecule is C[C@@H](CCc1ccccc1)NC(=O)C1CCN(S(=O)(=O)N(C)C)CC1. The van der Waals surface area contributed by atoms with Crippen molar-refractivity contribution in [1.82, 2.24) is 13.9 Å². The number of benzene rings is 1.